The van der Waals surface area contributed by atoms with Crippen molar-refractivity contribution in [3.63, 3.8) is 0 Å². The number of guanidine groups is 1. The second-order valence-corrected chi connectivity index (χ2v) is 4.87. The molecule has 0 unspecified atom stereocenters. The fraction of sp³-hybridized carbons (Fsp3) is 0.533. The third-order valence-corrected chi connectivity index (χ3v) is 3.77. The molecule has 0 heterocycles. The predicted molar refractivity (Wildman–Crippen MR) is 96.7 cm³/mol. The normalized spacial score (nSPS) is 11.8. The molecule has 1 aromatic rings. The highest BCUT2D eigenvalue weighted by Gasteiger charge is 2.25. The standard InChI is InChI=1S/C15H25N3O.HI/c1-3-15(4-2,10-11-19)12-17-14(16)18-13-8-6-5-7-9-13;/h5-9,19H,3-4,10-12H2,1-2H3,(H3,16,17,18);1H. The van der Waals surface area contributed by atoms with E-state index >= 15 is 0 Å². The molecule has 0 saturated heterocycles. The van der Waals surface area contributed by atoms with Gasteiger partial charge >= 0.3 is 0 Å². The van der Waals surface area contributed by atoms with Crippen LogP contribution in [0.15, 0.2) is 35.3 Å². The van der Waals surface area contributed by atoms with Crippen LogP contribution in [0.4, 0.5) is 5.69 Å². The molecule has 0 amide bonds. The minimum atomic E-state index is 0. The second-order valence-electron chi connectivity index (χ2n) is 4.87. The third-order valence-electron chi connectivity index (χ3n) is 3.77. The molecule has 4 N–H and O–H groups in total. The zero-order valence-corrected chi connectivity index (χ0v) is 14.6. The molecule has 0 aliphatic carbocycles. The van der Waals surface area contributed by atoms with Crippen LogP contribution in [0.5, 0.6) is 0 Å². The quantitative estimate of drug-likeness (QED) is 0.380. The van der Waals surface area contributed by atoms with Crippen molar-refractivity contribution in [2.24, 2.45) is 16.1 Å². The van der Waals surface area contributed by atoms with Gasteiger partial charge in [-0.15, -0.1) is 24.0 Å². The van der Waals surface area contributed by atoms with Crippen molar-refractivity contribution >= 4 is 35.6 Å². The number of para-hydroxylation sites is 1. The summed E-state index contributed by atoms with van der Waals surface area (Å²) < 4.78 is 0. The molecule has 114 valence electrons. The number of aliphatic imine (C=N–C) groups is 1. The number of aliphatic hydroxyl groups excluding tert-OH is 1. The summed E-state index contributed by atoms with van der Waals surface area (Å²) >= 11 is 0. The lowest BCUT2D eigenvalue weighted by molar-refractivity contribution is 0.175. The Kier molecular flexibility index (Phi) is 9.58. The first-order valence-electron chi connectivity index (χ1n) is 6.88. The lowest BCUT2D eigenvalue weighted by atomic mass is 9.79. The van der Waals surface area contributed by atoms with Gasteiger partial charge in [0.25, 0.3) is 0 Å². The number of nitrogens with zero attached hydrogens (tertiary/aromatic N) is 1. The minimum Gasteiger partial charge on any atom is -0.396 e. The van der Waals surface area contributed by atoms with Crippen LogP contribution in [0.2, 0.25) is 0 Å². The van der Waals surface area contributed by atoms with E-state index in [2.05, 4.69) is 24.2 Å². The fourth-order valence-corrected chi connectivity index (χ4v) is 2.11. The maximum atomic E-state index is 9.17. The molecule has 1 rings (SSSR count). The Bertz CT molecular complexity index is 391. The third kappa shape index (κ3) is 6.09. The maximum Gasteiger partial charge on any atom is 0.193 e. The largest absolute Gasteiger partial charge is 0.396 e. The van der Waals surface area contributed by atoms with E-state index in [-0.39, 0.29) is 36.0 Å². The van der Waals surface area contributed by atoms with Crippen LogP contribution in [0.1, 0.15) is 33.1 Å². The van der Waals surface area contributed by atoms with Crippen LogP contribution in [0.25, 0.3) is 0 Å². The molecule has 0 fully saturated rings. The summed E-state index contributed by atoms with van der Waals surface area (Å²) in [4.78, 5) is 4.42. The fourth-order valence-electron chi connectivity index (χ4n) is 2.11. The first kappa shape index (κ1) is 19.2. The molecule has 0 bridgehead atoms. The molecule has 0 spiro atoms. The second kappa shape index (κ2) is 9.99. The smallest absolute Gasteiger partial charge is 0.193 e. The van der Waals surface area contributed by atoms with Gasteiger partial charge in [-0.2, -0.15) is 0 Å². The molecule has 5 heteroatoms. The predicted octanol–water partition coefficient (Wildman–Crippen LogP) is 3.22. The Morgan fingerprint density at radius 2 is 1.85 bits per heavy atom. The Morgan fingerprint density at radius 3 is 2.35 bits per heavy atom. The molecule has 0 aromatic heterocycles. The zero-order chi connectivity index (χ0) is 14.1. The Labute approximate surface area is 138 Å². The number of anilines is 1. The number of benzene rings is 1. The number of nitrogens with two attached hydrogens (primary N) is 1. The molecule has 1 aromatic carbocycles. The average molecular weight is 391 g/mol. The van der Waals surface area contributed by atoms with Crippen LogP contribution < -0.4 is 11.1 Å². The topological polar surface area (TPSA) is 70.6 Å². The van der Waals surface area contributed by atoms with Gasteiger partial charge in [-0.25, -0.2) is 0 Å². The van der Waals surface area contributed by atoms with Crippen LogP contribution in [-0.4, -0.2) is 24.2 Å². The van der Waals surface area contributed by atoms with Crippen molar-refractivity contribution in [2.45, 2.75) is 33.1 Å². The van der Waals surface area contributed by atoms with Gasteiger partial charge in [-0.3, -0.25) is 4.99 Å². The Balaban J connectivity index is 0.00000361. The summed E-state index contributed by atoms with van der Waals surface area (Å²) in [5, 5.41) is 12.2. The van der Waals surface area contributed by atoms with Crippen molar-refractivity contribution < 1.29 is 5.11 Å². The first-order chi connectivity index (χ1) is 9.15. The molecule has 0 aliphatic heterocycles. The van der Waals surface area contributed by atoms with E-state index in [1.807, 2.05) is 30.3 Å². The molecule has 0 aliphatic rings. The highest BCUT2D eigenvalue weighted by atomic mass is 127. The van der Waals surface area contributed by atoms with Gasteiger partial charge in [0, 0.05) is 18.8 Å². The van der Waals surface area contributed by atoms with Gasteiger partial charge in [0.2, 0.25) is 0 Å². The number of nitrogens with one attached hydrogen (secondary N) is 1. The maximum absolute atomic E-state index is 9.17. The molecule has 0 atom stereocenters. The Hall–Kier alpha value is -0.820. The van der Waals surface area contributed by atoms with Gasteiger partial charge in [-0.05, 0) is 36.8 Å². The van der Waals surface area contributed by atoms with E-state index in [1.165, 1.54) is 0 Å². The summed E-state index contributed by atoms with van der Waals surface area (Å²) in [6, 6.07) is 9.75. The zero-order valence-electron chi connectivity index (χ0n) is 12.3. The van der Waals surface area contributed by atoms with Gasteiger partial charge in [0.05, 0.1) is 0 Å². The van der Waals surface area contributed by atoms with Crippen molar-refractivity contribution in [3.8, 4) is 0 Å². The van der Waals surface area contributed by atoms with E-state index in [4.69, 9.17) is 10.8 Å². The summed E-state index contributed by atoms with van der Waals surface area (Å²) in [7, 11) is 0. The van der Waals surface area contributed by atoms with Crippen molar-refractivity contribution in [1.29, 1.82) is 0 Å². The van der Waals surface area contributed by atoms with Crippen LogP contribution in [0.3, 0.4) is 0 Å². The van der Waals surface area contributed by atoms with Crippen molar-refractivity contribution in [3.05, 3.63) is 30.3 Å². The van der Waals surface area contributed by atoms with E-state index in [1.54, 1.807) is 0 Å². The molecule has 20 heavy (non-hydrogen) atoms. The lowest BCUT2D eigenvalue weighted by Gasteiger charge is -2.29. The van der Waals surface area contributed by atoms with E-state index < -0.39 is 0 Å². The van der Waals surface area contributed by atoms with Gasteiger partial charge in [0.15, 0.2) is 5.96 Å². The monoisotopic (exact) mass is 391 g/mol. The summed E-state index contributed by atoms with van der Waals surface area (Å²) in [6.07, 6.45) is 2.75. The van der Waals surface area contributed by atoms with Crippen LogP contribution in [0, 0.1) is 5.41 Å². The summed E-state index contributed by atoms with van der Waals surface area (Å²) in [6.45, 7) is 5.11. The summed E-state index contributed by atoms with van der Waals surface area (Å²) in [5.41, 5.74) is 6.88. The molecule has 4 nitrogen and oxygen atoms in total. The Morgan fingerprint density at radius 1 is 1.25 bits per heavy atom. The molecular weight excluding hydrogens is 365 g/mol. The highest BCUT2D eigenvalue weighted by Crippen LogP contribution is 2.30. The van der Waals surface area contributed by atoms with Gasteiger partial charge in [0.1, 0.15) is 0 Å². The minimum absolute atomic E-state index is 0. The van der Waals surface area contributed by atoms with E-state index in [0.717, 1.165) is 24.9 Å². The van der Waals surface area contributed by atoms with Crippen LogP contribution in [-0.2, 0) is 0 Å². The molecule has 0 saturated carbocycles. The van der Waals surface area contributed by atoms with Crippen LogP contribution >= 0.6 is 24.0 Å². The average Bonchev–Trinajstić information content (AvgIpc) is 2.45. The number of rotatable bonds is 7. The molecule has 0 radical (unpaired) electrons. The van der Waals surface area contributed by atoms with Gasteiger partial charge < -0.3 is 16.2 Å². The van der Waals surface area contributed by atoms with E-state index in [9.17, 15) is 0 Å². The highest BCUT2D eigenvalue weighted by molar-refractivity contribution is 14.0. The molecular formula is C15H26IN3O. The van der Waals surface area contributed by atoms with Crippen molar-refractivity contribution in [2.75, 3.05) is 18.5 Å². The number of aliphatic hydroxyl groups is 1. The van der Waals surface area contributed by atoms with Gasteiger partial charge in [-0.1, -0.05) is 32.0 Å². The number of halogens is 1. The SMILES string of the molecule is CCC(CC)(CCO)CN=C(N)Nc1ccccc1.I. The first-order valence-corrected chi connectivity index (χ1v) is 6.88. The lowest BCUT2D eigenvalue weighted by Crippen LogP contribution is -2.29. The van der Waals surface area contributed by atoms with Crippen molar-refractivity contribution in [1.82, 2.24) is 0 Å². The number of hydrogen-bond acceptors (Lipinski definition) is 2. The summed E-state index contributed by atoms with van der Waals surface area (Å²) in [5.74, 6) is 0.426. The van der Waals surface area contributed by atoms with E-state index in [0.29, 0.717) is 12.5 Å². The number of hydrogen-bond donors (Lipinski definition) is 3.